The summed E-state index contributed by atoms with van der Waals surface area (Å²) in [5, 5.41) is 3.24. The van der Waals surface area contributed by atoms with Crippen LogP contribution < -0.4 is 5.73 Å². The number of thiazole rings is 1. The lowest BCUT2D eigenvalue weighted by Crippen LogP contribution is -2.37. The number of nitrogens with two attached hydrogens (primary N) is 1. The van der Waals surface area contributed by atoms with E-state index in [2.05, 4.69) is 4.98 Å². The number of hydrogen-bond donors (Lipinski definition) is 1. The Balaban J connectivity index is 2.14. The van der Waals surface area contributed by atoms with E-state index < -0.39 is 0 Å². The molecule has 3 heteroatoms. The van der Waals surface area contributed by atoms with Gasteiger partial charge < -0.3 is 5.73 Å². The molecule has 1 saturated carbocycles. The van der Waals surface area contributed by atoms with Gasteiger partial charge in [-0.2, -0.15) is 0 Å². The zero-order chi connectivity index (χ0) is 6.97. The Labute approximate surface area is 64.1 Å². The van der Waals surface area contributed by atoms with Crippen molar-refractivity contribution in [3.05, 3.63) is 16.6 Å². The fraction of sp³-hybridized carbons (Fsp3) is 0.571. The first-order valence-electron chi connectivity index (χ1n) is 3.53. The molecule has 2 rings (SSSR count). The van der Waals surface area contributed by atoms with Crippen LogP contribution in [0.1, 0.15) is 23.8 Å². The van der Waals surface area contributed by atoms with Crippen LogP contribution in [0.2, 0.25) is 0 Å². The molecule has 2 unspecified atom stereocenters. The summed E-state index contributed by atoms with van der Waals surface area (Å²) < 4.78 is 0. The summed E-state index contributed by atoms with van der Waals surface area (Å²) in [7, 11) is 0. The van der Waals surface area contributed by atoms with Crippen molar-refractivity contribution in [2.24, 2.45) is 5.73 Å². The van der Waals surface area contributed by atoms with Crippen LogP contribution in [0.5, 0.6) is 0 Å². The second-order valence-electron chi connectivity index (χ2n) is 2.72. The molecule has 0 aliphatic heterocycles. The first kappa shape index (κ1) is 6.31. The molecule has 1 fully saturated rings. The molecule has 0 bridgehead atoms. The van der Waals surface area contributed by atoms with Gasteiger partial charge >= 0.3 is 0 Å². The largest absolute Gasteiger partial charge is 0.327 e. The van der Waals surface area contributed by atoms with Crippen LogP contribution in [0, 0.1) is 0 Å². The van der Waals surface area contributed by atoms with Gasteiger partial charge in [-0.3, -0.25) is 0 Å². The molecule has 0 spiro atoms. The minimum absolute atomic E-state index is 0.381. The summed E-state index contributed by atoms with van der Waals surface area (Å²) >= 11 is 1.72. The normalized spacial score (nSPS) is 31.7. The molecule has 10 heavy (non-hydrogen) atoms. The van der Waals surface area contributed by atoms with Crippen LogP contribution in [0.15, 0.2) is 11.6 Å². The summed E-state index contributed by atoms with van der Waals surface area (Å²) in [6, 6.07) is 0.381. The first-order valence-corrected chi connectivity index (χ1v) is 4.41. The smallest absolute Gasteiger partial charge is 0.0971 e. The highest BCUT2D eigenvalue weighted by Crippen LogP contribution is 2.36. The number of nitrogens with zero attached hydrogens (tertiary/aromatic N) is 1. The van der Waals surface area contributed by atoms with Gasteiger partial charge in [0.05, 0.1) is 5.01 Å². The predicted octanol–water partition coefficient (Wildman–Crippen LogP) is 1.35. The Morgan fingerprint density at radius 1 is 1.60 bits per heavy atom. The van der Waals surface area contributed by atoms with Crippen LogP contribution in [0.3, 0.4) is 0 Å². The van der Waals surface area contributed by atoms with Crippen molar-refractivity contribution in [1.29, 1.82) is 0 Å². The Bertz CT molecular complexity index is 207. The second kappa shape index (κ2) is 2.32. The molecule has 2 N–H and O–H groups in total. The van der Waals surface area contributed by atoms with Gasteiger partial charge in [-0.1, -0.05) is 0 Å². The van der Waals surface area contributed by atoms with E-state index in [9.17, 15) is 0 Å². The van der Waals surface area contributed by atoms with Crippen molar-refractivity contribution in [3.63, 3.8) is 0 Å². The molecular formula is C7H10N2S. The fourth-order valence-electron chi connectivity index (χ4n) is 1.25. The third-order valence-corrected chi connectivity index (χ3v) is 3.00. The van der Waals surface area contributed by atoms with Gasteiger partial charge in [0.2, 0.25) is 0 Å². The van der Waals surface area contributed by atoms with Crippen molar-refractivity contribution in [3.8, 4) is 0 Å². The van der Waals surface area contributed by atoms with Gasteiger partial charge in [-0.25, -0.2) is 4.98 Å². The third kappa shape index (κ3) is 0.859. The van der Waals surface area contributed by atoms with E-state index in [0.29, 0.717) is 12.0 Å². The molecule has 0 amide bonds. The average Bonchev–Trinajstić information content (AvgIpc) is 2.37. The lowest BCUT2D eigenvalue weighted by atomic mass is 9.81. The van der Waals surface area contributed by atoms with Gasteiger partial charge in [0.1, 0.15) is 0 Å². The van der Waals surface area contributed by atoms with Crippen LogP contribution >= 0.6 is 11.3 Å². The molecule has 2 atom stereocenters. The Kier molecular flexibility index (Phi) is 1.47. The fourth-order valence-corrected chi connectivity index (χ4v) is 2.10. The SMILES string of the molecule is NC1CCC1c1nccs1. The highest BCUT2D eigenvalue weighted by molar-refractivity contribution is 7.09. The van der Waals surface area contributed by atoms with Gasteiger partial charge in [-0.15, -0.1) is 11.3 Å². The Hall–Kier alpha value is -0.410. The maximum absolute atomic E-state index is 5.78. The lowest BCUT2D eigenvalue weighted by molar-refractivity contribution is 0.346. The van der Waals surface area contributed by atoms with E-state index in [0.717, 1.165) is 0 Å². The van der Waals surface area contributed by atoms with Gasteiger partial charge in [0, 0.05) is 23.5 Å². The van der Waals surface area contributed by atoms with E-state index in [1.165, 1.54) is 17.8 Å². The molecule has 1 aliphatic carbocycles. The summed E-state index contributed by atoms with van der Waals surface area (Å²) in [6.07, 6.45) is 4.25. The van der Waals surface area contributed by atoms with Crippen LogP contribution in [0.25, 0.3) is 0 Å². The standard InChI is InChI=1S/C7H10N2S/c8-6-2-1-5(6)7-9-3-4-10-7/h3-6H,1-2,8H2. The van der Waals surface area contributed by atoms with Crippen molar-refractivity contribution >= 4 is 11.3 Å². The van der Waals surface area contributed by atoms with Gasteiger partial charge in [0.25, 0.3) is 0 Å². The van der Waals surface area contributed by atoms with Crippen LogP contribution in [-0.2, 0) is 0 Å². The van der Waals surface area contributed by atoms with Gasteiger partial charge in [0.15, 0.2) is 0 Å². The minimum Gasteiger partial charge on any atom is -0.327 e. The lowest BCUT2D eigenvalue weighted by Gasteiger charge is -2.31. The molecule has 1 aromatic heterocycles. The topological polar surface area (TPSA) is 38.9 Å². The van der Waals surface area contributed by atoms with E-state index in [-0.39, 0.29) is 0 Å². The quantitative estimate of drug-likeness (QED) is 0.663. The molecule has 54 valence electrons. The van der Waals surface area contributed by atoms with E-state index >= 15 is 0 Å². The van der Waals surface area contributed by atoms with Crippen molar-refractivity contribution in [2.45, 2.75) is 24.8 Å². The van der Waals surface area contributed by atoms with Crippen LogP contribution in [0.4, 0.5) is 0 Å². The molecule has 1 aromatic rings. The Morgan fingerprint density at radius 2 is 2.50 bits per heavy atom. The molecule has 1 heterocycles. The number of hydrogen-bond acceptors (Lipinski definition) is 3. The maximum Gasteiger partial charge on any atom is 0.0971 e. The molecule has 0 aromatic carbocycles. The molecule has 0 saturated heterocycles. The maximum atomic E-state index is 5.78. The summed E-state index contributed by atoms with van der Waals surface area (Å²) in [5.74, 6) is 0.569. The molecule has 0 radical (unpaired) electrons. The minimum atomic E-state index is 0.381. The van der Waals surface area contributed by atoms with E-state index in [1.807, 2.05) is 11.6 Å². The summed E-state index contributed by atoms with van der Waals surface area (Å²) in [4.78, 5) is 4.23. The summed E-state index contributed by atoms with van der Waals surface area (Å²) in [6.45, 7) is 0. The monoisotopic (exact) mass is 154 g/mol. The third-order valence-electron chi connectivity index (χ3n) is 2.10. The Morgan fingerprint density at radius 3 is 2.90 bits per heavy atom. The average molecular weight is 154 g/mol. The van der Waals surface area contributed by atoms with Crippen LogP contribution in [-0.4, -0.2) is 11.0 Å². The highest BCUT2D eigenvalue weighted by Gasteiger charge is 2.30. The highest BCUT2D eigenvalue weighted by atomic mass is 32.1. The second-order valence-corrected chi connectivity index (χ2v) is 3.64. The zero-order valence-corrected chi connectivity index (χ0v) is 6.47. The molecule has 1 aliphatic rings. The number of aromatic nitrogens is 1. The van der Waals surface area contributed by atoms with Crippen molar-refractivity contribution in [2.75, 3.05) is 0 Å². The van der Waals surface area contributed by atoms with Crippen molar-refractivity contribution < 1.29 is 0 Å². The molecular weight excluding hydrogens is 144 g/mol. The zero-order valence-electron chi connectivity index (χ0n) is 5.66. The van der Waals surface area contributed by atoms with Crippen molar-refractivity contribution in [1.82, 2.24) is 4.98 Å². The first-order chi connectivity index (χ1) is 4.88. The summed E-state index contributed by atoms with van der Waals surface area (Å²) in [5.41, 5.74) is 5.78. The van der Waals surface area contributed by atoms with Gasteiger partial charge in [-0.05, 0) is 12.8 Å². The van der Waals surface area contributed by atoms with E-state index in [1.54, 1.807) is 11.3 Å². The van der Waals surface area contributed by atoms with E-state index in [4.69, 9.17) is 5.73 Å². The molecule has 2 nitrogen and oxygen atoms in total. The predicted molar refractivity (Wildman–Crippen MR) is 42.1 cm³/mol. The number of rotatable bonds is 1.